The molecule has 0 unspecified atom stereocenters. The Morgan fingerprint density at radius 3 is 3.07 bits per heavy atom. The molecular formula is C8H10N4S2. The normalized spacial score (nSPS) is 10.4. The molecular weight excluding hydrogens is 216 g/mol. The van der Waals surface area contributed by atoms with Gasteiger partial charge in [-0.25, -0.2) is 0 Å². The van der Waals surface area contributed by atoms with Gasteiger partial charge in [0.25, 0.3) is 0 Å². The maximum absolute atomic E-state index is 4.09. The van der Waals surface area contributed by atoms with E-state index in [0.717, 1.165) is 28.0 Å². The summed E-state index contributed by atoms with van der Waals surface area (Å²) in [6, 6.07) is 0. The first-order chi connectivity index (χ1) is 6.90. The molecule has 1 N–H and O–H groups in total. The second-order valence-corrected chi connectivity index (χ2v) is 4.57. The lowest BCUT2D eigenvalue weighted by Crippen LogP contribution is -1.98. The zero-order chi connectivity index (χ0) is 9.80. The first-order valence-electron chi connectivity index (χ1n) is 4.36. The summed E-state index contributed by atoms with van der Waals surface area (Å²) in [4.78, 5) is 5.08. The Labute approximate surface area is 90.0 Å². The third kappa shape index (κ3) is 2.08. The Kier molecular flexibility index (Phi) is 3.05. The van der Waals surface area contributed by atoms with E-state index >= 15 is 0 Å². The van der Waals surface area contributed by atoms with Gasteiger partial charge in [-0.2, -0.15) is 0 Å². The van der Waals surface area contributed by atoms with Crippen molar-refractivity contribution in [2.75, 3.05) is 11.9 Å². The molecule has 0 atom stereocenters. The second kappa shape index (κ2) is 4.47. The third-order valence-electron chi connectivity index (χ3n) is 1.59. The standard InChI is InChI=1S/C8H10N4S2/c1-2-3-10-8-12-11-7(14-8)6-4-9-5-13-6/h4-5H,2-3H2,1H3,(H,10,12). The fourth-order valence-corrected chi connectivity index (χ4v) is 2.39. The first kappa shape index (κ1) is 9.54. The Hall–Kier alpha value is -1.01. The lowest BCUT2D eigenvalue weighted by molar-refractivity contribution is 0.964. The number of nitrogens with one attached hydrogen (secondary N) is 1. The summed E-state index contributed by atoms with van der Waals surface area (Å²) in [7, 11) is 0. The van der Waals surface area contributed by atoms with Crippen molar-refractivity contribution in [3.8, 4) is 9.88 Å². The van der Waals surface area contributed by atoms with Crippen molar-refractivity contribution >= 4 is 27.8 Å². The summed E-state index contributed by atoms with van der Waals surface area (Å²) in [5.41, 5.74) is 1.80. The molecule has 0 saturated carbocycles. The van der Waals surface area contributed by atoms with Gasteiger partial charge in [0.05, 0.1) is 10.4 Å². The highest BCUT2D eigenvalue weighted by molar-refractivity contribution is 7.22. The van der Waals surface area contributed by atoms with E-state index in [0.29, 0.717) is 0 Å². The van der Waals surface area contributed by atoms with Crippen LogP contribution in [0.25, 0.3) is 9.88 Å². The quantitative estimate of drug-likeness (QED) is 0.870. The molecule has 0 saturated heterocycles. The van der Waals surface area contributed by atoms with E-state index in [1.165, 1.54) is 0 Å². The van der Waals surface area contributed by atoms with E-state index in [1.807, 2.05) is 6.20 Å². The van der Waals surface area contributed by atoms with Gasteiger partial charge in [-0.05, 0) is 6.42 Å². The van der Waals surface area contributed by atoms with Crippen LogP contribution in [0.1, 0.15) is 13.3 Å². The van der Waals surface area contributed by atoms with Crippen molar-refractivity contribution in [3.05, 3.63) is 11.7 Å². The number of anilines is 1. The summed E-state index contributed by atoms with van der Waals surface area (Å²) in [5.74, 6) is 0. The monoisotopic (exact) mass is 226 g/mol. The van der Waals surface area contributed by atoms with Crippen LogP contribution in [0.4, 0.5) is 5.13 Å². The van der Waals surface area contributed by atoms with Crippen LogP contribution in [0.15, 0.2) is 11.7 Å². The molecule has 0 aliphatic carbocycles. The maximum atomic E-state index is 4.09. The fraction of sp³-hybridized carbons (Fsp3) is 0.375. The average Bonchev–Trinajstić information content (AvgIpc) is 2.85. The summed E-state index contributed by atoms with van der Waals surface area (Å²) in [6.45, 7) is 3.06. The Morgan fingerprint density at radius 2 is 2.36 bits per heavy atom. The van der Waals surface area contributed by atoms with Gasteiger partial charge in [0, 0.05) is 12.7 Å². The first-order valence-corrected chi connectivity index (χ1v) is 6.06. The Bertz CT molecular complexity index is 382. The van der Waals surface area contributed by atoms with E-state index in [2.05, 4.69) is 27.4 Å². The van der Waals surface area contributed by atoms with Gasteiger partial charge in [0.15, 0.2) is 5.01 Å². The molecule has 0 aliphatic heterocycles. The van der Waals surface area contributed by atoms with Crippen LogP contribution in [0.2, 0.25) is 0 Å². The maximum Gasteiger partial charge on any atom is 0.206 e. The largest absolute Gasteiger partial charge is 0.360 e. The van der Waals surface area contributed by atoms with Crippen molar-refractivity contribution in [1.29, 1.82) is 0 Å². The van der Waals surface area contributed by atoms with Crippen molar-refractivity contribution in [2.24, 2.45) is 0 Å². The number of nitrogens with zero attached hydrogens (tertiary/aromatic N) is 3. The minimum atomic E-state index is 0.884. The highest BCUT2D eigenvalue weighted by atomic mass is 32.1. The van der Waals surface area contributed by atoms with Crippen LogP contribution in [0.3, 0.4) is 0 Å². The van der Waals surface area contributed by atoms with Crippen molar-refractivity contribution in [1.82, 2.24) is 15.2 Å². The van der Waals surface area contributed by atoms with Crippen LogP contribution >= 0.6 is 22.7 Å². The fourth-order valence-electron chi connectivity index (χ4n) is 0.948. The highest BCUT2D eigenvalue weighted by Gasteiger charge is 2.06. The summed E-state index contributed by atoms with van der Waals surface area (Å²) in [5, 5.41) is 13.2. The van der Waals surface area contributed by atoms with Crippen LogP contribution in [-0.4, -0.2) is 21.7 Å². The predicted molar refractivity (Wildman–Crippen MR) is 59.8 cm³/mol. The van der Waals surface area contributed by atoms with Crippen LogP contribution < -0.4 is 5.32 Å². The third-order valence-corrected chi connectivity index (χ3v) is 3.42. The van der Waals surface area contributed by atoms with Crippen LogP contribution in [0, 0.1) is 0 Å². The molecule has 2 aromatic heterocycles. The number of aromatic nitrogens is 3. The van der Waals surface area contributed by atoms with Gasteiger partial charge in [-0.3, -0.25) is 4.98 Å². The Balaban J connectivity index is 2.10. The van der Waals surface area contributed by atoms with E-state index in [1.54, 1.807) is 28.2 Å². The summed E-state index contributed by atoms with van der Waals surface area (Å²) < 4.78 is 0. The smallest absolute Gasteiger partial charge is 0.206 e. The van der Waals surface area contributed by atoms with E-state index in [-0.39, 0.29) is 0 Å². The molecule has 14 heavy (non-hydrogen) atoms. The van der Waals surface area contributed by atoms with Gasteiger partial charge < -0.3 is 5.32 Å². The van der Waals surface area contributed by atoms with Gasteiger partial charge >= 0.3 is 0 Å². The van der Waals surface area contributed by atoms with Gasteiger partial charge in [0.1, 0.15) is 0 Å². The zero-order valence-electron chi connectivity index (χ0n) is 7.73. The molecule has 2 rings (SSSR count). The average molecular weight is 226 g/mol. The van der Waals surface area contributed by atoms with E-state index < -0.39 is 0 Å². The lowest BCUT2D eigenvalue weighted by Gasteiger charge is -1.94. The zero-order valence-corrected chi connectivity index (χ0v) is 9.36. The number of hydrogen-bond acceptors (Lipinski definition) is 6. The Morgan fingerprint density at radius 1 is 1.43 bits per heavy atom. The molecule has 6 heteroatoms. The van der Waals surface area contributed by atoms with E-state index in [9.17, 15) is 0 Å². The number of hydrogen-bond donors (Lipinski definition) is 1. The number of thiazole rings is 1. The molecule has 0 amide bonds. The van der Waals surface area contributed by atoms with Crippen LogP contribution in [-0.2, 0) is 0 Å². The number of rotatable bonds is 4. The molecule has 0 radical (unpaired) electrons. The molecule has 2 heterocycles. The topological polar surface area (TPSA) is 50.7 Å². The molecule has 0 aromatic carbocycles. The molecule has 0 bridgehead atoms. The summed E-state index contributed by atoms with van der Waals surface area (Å²) >= 11 is 3.15. The molecule has 2 aromatic rings. The van der Waals surface area contributed by atoms with Gasteiger partial charge in [-0.1, -0.05) is 18.3 Å². The predicted octanol–water partition coefficient (Wildman–Crippen LogP) is 2.48. The van der Waals surface area contributed by atoms with Crippen molar-refractivity contribution in [3.63, 3.8) is 0 Å². The van der Waals surface area contributed by atoms with Gasteiger partial charge in [0.2, 0.25) is 5.13 Å². The van der Waals surface area contributed by atoms with Crippen molar-refractivity contribution in [2.45, 2.75) is 13.3 Å². The van der Waals surface area contributed by atoms with Crippen LogP contribution in [0.5, 0.6) is 0 Å². The van der Waals surface area contributed by atoms with E-state index in [4.69, 9.17) is 0 Å². The molecule has 0 aliphatic rings. The molecule has 4 nitrogen and oxygen atoms in total. The minimum absolute atomic E-state index is 0.884. The van der Waals surface area contributed by atoms with Crippen molar-refractivity contribution < 1.29 is 0 Å². The summed E-state index contributed by atoms with van der Waals surface area (Å²) in [6.07, 6.45) is 2.91. The SMILES string of the molecule is CCCNc1nnc(-c2cncs2)s1. The van der Waals surface area contributed by atoms with Gasteiger partial charge in [-0.15, -0.1) is 21.5 Å². The second-order valence-electron chi connectivity index (χ2n) is 2.70. The minimum Gasteiger partial charge on any atom is -0.360 e. The highest BCUT2D eigenvalue weighted by Crippen LogP contribution is 2.28. The molecule has 74 valence electrons. The molecule has 0 fully saturated rings. The lowest BCUT2D eigenvalue weighted by atomic mass is 10.5. The molecule has 0 spiro atoms.